The summed E-state index contributed by atoms with van der Waals surface area (Å²) in [7, 11) is 0. The molecule has 2 heteroatoms. The summed E-state index contributed by atoms with van der Waals surface area (Å²) in [6, 6.07) is 0.332. The standard InChI is InChI=1S/C8H16N2/c1-5-8(9)7(4)10-6(2)3/h5-6H,9H2,1-4H3/b8-5+,10-7-. The SMILES string of the molecule is C/C=C(N)\C(C)=N/C(C)C. The Labute approximate surface area is 62.8 Å². The highest BCUT2D eigenvalue weighted by Gasteiger charge is 1.94. The van der Waals surface area contributed by atoms with E-state index < -0.39 is 0 Å². The minimum Gasteiger partial charge on any atom is -0.398 e. The average Bonchev–Trinajstić information content (AvgIpc) is 1.85. The Kier molecular flexibility index (Phi) is 3.77. The summed E-state index contributed by atoms with van der Waals surface area (Å²) in [6.45, 7) is 7.91. The van der Waals surface area contributed by atoms with Gasteiger partial charge in [-0.25, -0.2) is 0 Å². The van der Waals surface area contributed by atoms with E-state index in [0.29, 0.717) is 6.04 Å². The molecule has 0 aliphatic heterocycles. The summed E-state index contributed by atoms with van der Waals surface area (Å²) >= 11 is 0. The summed E-state index contributed by atoms with van der Waals surface area (Å²) in [5.41, 5.74) is 7.30. The third-order valence-corrected chi connectivity index (χ3v) is 1.18. The number of nitrogens with two attached hydrogens (primary N) is 1. The Hall–Kier alpha value is -0.790. The second-order valence-electron chi connectivity index (χ2n) is 2.55. The number of aliphatic imine (C=N–C) groups is 1. The van der Waals surface area contributed by atoms with E-state index in [1.54, 1.807) is 0 Å². The van der Waals surface area contributed by atoms with Crippen LogP contribution in [0.5, 0.6) is 0 Å². The van der Waals surface area contributed by atoms with Crippen molar-refractivity contribution in [2.24, 2.45) is 10.7 Å². The summed E-state index contributed by atoms with van der Waals surface area (Å²) in [6.07, 6.45) is 1.86. The molecule has 0 saturated heterocycles. The van der Waals surface area contributed by atoms with Gasteiger partial charge in [-0.2, -0.15) is 0 Å². The van der Waals surface area contributed by atoms with E-state index in [2.05, 4.69) is 4.99 Å². The Bertz CT molecular complexity index is 155. The smallest absolute Gasteiger partial charge is 0.0546 e. The quantitative estimate of drug-likeness (QED) is 0.583. The lowest BCUT2D eigenvalue weighted by Crippen LogP contribution is -2.09. The number of nitrogens with zero attached hydrogens (tertiary/aromatic N) is 1. The van der Waals surface area contributed by atoms with Gasteiger partial charge in [0.1, 0.15) is 0 Å². The van der Waals surface area contributed by atoms with Crippen LogP contribution in [0, 0.1) is 0 Å². The second kappa shape index (κ2) is 4.09. The van der Waals surface area contributed by atoms with Gasteiger partial charge in [0.15, 0.2) is 0 Å². The number of rotatable bonds is 2. The van der Waals surface area contributed by atoms with Gasteiger partial charge in [0.25, 0.3) is 0 Å². The largest absolute Gasteiger partial charge is 0.398 e. The van der Waals surface area contributed by atoms with Crippen LogP contribution in [0.2, 0.25) is 0 Å². The molecule has 0 aliphatic rings. The van der Waals surface area contributed by atoms with Crippen LogP contribution in [0.15, 0.2) is 16.8 Å². The molecule has 0 fully saturated rings. The summed E-state index contributed by atoms with van der Waals surface area (Å²) in [5, 5.41) is 0. The van der Waals surface area contributed by atoms with E-state index in [1.807, 2.05) is 33.8 Å². The molecule has 58 valence electrons. The zero-order chi connectivity index (χ0) is 8.15. The van der Waals surface area contributed by atoms with Crippen molar-refractivity contribution in [2.45, 2.75) is 33.7 Å². The third kappa shape index (κ3) is 3.28. The van der Waals surface area contributed by atoms with Crippen molar-refractivity contribution < 1.29 is 0 Å². The maximum absolute atomic E-state index is 5.60. The first kappa shape index (κ1) is 9.21. The van der Waals surface area contributed by atoms with Gasteiger partial charge in [-0.05, 0) is 27.7 Å². The van der Waals surface area contributed by atoms with Gasteiger partial charge >= 0.3 is 0 Å². The van der Waals surface area contributed by atoms with Crippen LogP contribution >= 0.6 is 0 Å². The molecule has 0 radical (unpaired) electrons. The van der Waals surface area contributed by atoms with Crippen LogP contribution in [0.3, 0.4) is 0 Å². The molecule has 2 N–H and O–H groups in total. The van der Waals surface area contributed by atoms with Crippen molar-refractivity contribution in [1.82, 2.24) is 0 Å². The van der Waals surface area contributed by atoms with Crippen LogP contribution < -0.4 is 5.73 Å². The lowest BCUT2D eigenvalue weighted by atomic mass is 10.3. The minimum atomic E-state index is 0.332. The van der Waals surface area contributed by atoms with Crippen LogP contribution in [0.1, 0.15) is 27.7 Å². The van der Waals surface area contributed by atoms with Gasteiger partial charge in [0, 0.05) is 11.7 Å². The Morgan fingerprint density at radius 3 is 2.30 bits per heavy atom. The fourth-order valence-electron chi connectivity index (χ4n) is 0.671. The van der Waals surface area contributed by atoms with Crippen LogP contribution in [0.25, 0.3) is 0 Å². The second-order valence-corrected chi connectivity index (χ2v) is 2.55. The molecule has 0 aromatic rings. The molecule has 0 amide bonds. The predicted molar refractivity (Wildman–Crippen MR) is 46.2 cm³/mol. The maximum Gasteiger partial charge on any atom is 0.0546 e. The molecule has 0 atom stereocenters. The lowest BCUT2D eigenvalue weighted by molar-refractivity contribution is 0.834. The Morgan fingerprint density at radius 1 is 1.50 bits per heavy atom. The van der Waals surface area contributed by atoms with Crippen molar-refractivity contribution in [2.75, 3.05) is 0 Å². The molecule has 0 saturated carbocycles. The molecule has 10 heavy (non-hydrogen) atoms. The van der Waals surface area contributed by atoms with Gasteiger partial charge in [-0.15, -0.1) is 0 Å². The first-order valence-electron chi connectivity index (χ1n) is 3.54. The molecule has 0 rings (SSSR count). The summed E-state index contributed by atoms with van der Waals surface area (Å²) in [4.78, 5) is 4.27. The zero-order valence-electron chi connectivity index (χ0n) is 7.18. The molecule has 0 aromatic heterocycles. The normalized spacial score (nSPS) is 14.5. The molecule has 0 bridgehead atoms. The van der Waals surface area contributed by atoms with Gasteiger partial charge in [0.05, 0.1) is 5.71 Å². The highest BCUT2D eigenvalue weighted by Crippen LogP contribution is 1.93. The van der Waals surface area contributed by atoms with E-state index in [9.17, 15) is 0 Å². The number of allylic oxidation sites excluding steroid dienone is 2. The van der Waals surface area contributed by atoms with Crippen LogP contribution in [-0.2, 0) is 0 Å². The predicted octanol–water partition coefficient (Wildman–Crippen LogP) is 1.72. The number of hydrogen-bond donors (Lipinski definition) is 1. The van der Waals surface area contributed by atoms with Gasteiger partial charge in [-0.1, -0.05) is 6.08 Å². The summed E-state index contributed by atoms with van der Waals surface area (Å²) in [5.74, 6) is 0. The zero-order valence-corrected chi connectivity index (χ0v) is 7.18. The molecule has 2 nitrogen and oxygen atoms in total. The third-order valence-electron chi connectivity index (χ3n) is 1.18. The van der Waals surface area contributed by atoms with E-state index in [4.69, 9.17) is 5.73 Å². The first-order chi connectivity index (χ1) is 4.57. The highest BCUT2D eigenvalue weighted by molar-refractivity contribution is 5.97. The van der Waals surface area contributed by atoms with Gasteiger partial charge < -0.3 is 5.73 Å². The van der Waals surface area contributed by atoms with E-state index in [0.717, 1.165) is 11.4 Å². The van der Waals surface area contributed by atoms with Crippen molar-refractivity contribution in [3.8, 4) is 0 Å². The van der Waals surface area contributed by atoms with Crippen molar-refractivity contribution >= 4 is 5.71 Å². The highest BCUT2D eigenvalue weighted by atomic mass is 14.8. The van der Waals surface area contributed by atoms with Crippen molar-refractivity contribution in [1.29, 1.82) is 0 Å². The minimum absolute atomic E-state index is 0.332. The topological polar surface area (TPSA) is 38.4 Å². The molecular formula is C8H16N2. The average molecular weight is 140 g/mol. The van der Waals surface area contributed by atoms with Gasteiger partial charge in [-0.3, -0.25) is 4.99 Å². The Balaban J connectivity index is 4.20. The molecule has 0 aliphatic carbocycles. The molecular weight excluding hydrogens is 124 g/mol. The van der Waals surface area contributed by atoms with Crippen LogP contribution in [-0.4, -0.2) is 11.8 Å². The first-order valence-corrected chi connectivity index (χ1v) is 3.54. The number of hydrogen-bond acceptors (Lipinski definition) is 2. The van der Waals surface area contributed by atoms with E-state index in [-0.39, 0.29) is 0 Å². The fourth-order valence-corrected chi connectivity index (χ4v) is 0.671. The van der Waals surface area contributed by atoms with Crippen LogP contribution in [0.4, 0.5) is 0 Å². The molecule has 0 spiro atoms. The molecule has 0 aromatic carbocycles. The maximum atomic E-state index is 5.60. The van der Waals surface area contributed by atoms with Gasteiger partial charge in [0.2, 0.25) is 0 Å². The fraction of sp³-hybridized carbons (Fsp3) is 0.625. The lowest BCUT2D eigenvalue weighted by Gasteiger charge is -2.01. The summed E-state index contributed by atoms with van der Waals surface area (Å²) < 4.78 is 0. The molecule has 0 unspecified atom stereocenters. The monoisotopic (exact) mass is 140 g/mol. The van der Waals surface area contributed by atoms with E-state index >= 15 is 0 Å². The van der Waals surface area contributed by atoms with Crippen molar-refractivity contribution in [3.05, 3.63) is 11.8 Å². The molecule has 0 heterocycles. The van der Waals surface area contributed by atoms with E-state index in [1.165, 1.54) is 0 Å². The Morgan fingerprint density at radius 2 is 2.00 bits per heavy atom. The van der Waals surface area contributed by atoms with Crippen molar-refractivity contribution in [3.63, 3.8) is 0 Å².